The van der Waals surface area contributed by atoms with Crippen LogP contribution in [0.15, 0.2) is 48.0 Å². The molecule has 6 nitrogen and oxygen atoms in total. The Hall–Kier alpha value is -3.19. The summed E-state index contributed by atoms with van der Waals surface area (Å²) in [4.78, 5) is 27.4. The van der Waals surface area contributed by atoms with Crippen molar-refractivity contribution in [2.45, 2.75) is 46.3 Å². The molecule has 176 valence electrons. The van der Waals surface area contributed by atoms with Gasteiger partial charge in [0.15, 0.2) is 0 Å². The molecule has 3 rings (SSSR count). The van der Waals surface area contributed by atoms with Crippen molar-refractivity contribution >= 4 is 17.4 Å². The summed E-state index contributed by atoms with van der Waals surface area (Å²) in [6.07, 6.45) is 0.571. The van der Waals surface area contributed by atoms with Crippen molar-refractivity contribution in [1.82, 2.24) is 4.90 Å². The minimum Gasteiger partial charge on any atom is -0.507 e. The number of benzene rings is 2. The highest BCUT2D eigenvalue weighted by molar-refractivity contribution is 6.46. The van der Waals surface area contributed by atoms with Gasteiger partial charge in [-0.15, -0.1) is 0 Å². The number of aryl methyl sites for hydroxylation is 1. The topological polar surface area (TPSA) is 76.1 Å². The van der Waals surface area contributed by atoms with Gasteiger partial charge in [-0.25, -0.2) is 4.39 Å². The second-order valence-corrected chi connectivity index (χ2v) is 8.23. The van der Waals surface area contributed by atoms with Crippen molar-refractivity contribution in [1.29, 1.82) is 0 Å². The molecule has 1 N–H and O–H groups in total. The second kappa shape index (κ2) is 10.6. The Kier molecular flexibility index (Phi) is 7.87. The molecular formula is C26H30FNO5. The lowest BCUT2D eigenvalue weighted by Crippen LogP contribution is -2.31. The highest BCUT2D eigenvalue weighted by atomic mass is 19.1. The van der Waals surface area contributed by atoms with Crippen LogP contribution in [-0.4, -0.2) is 47.6 Å². The predicted molar refractivity (Wildman–Crippen MR) is 123 cm³/mol. The molecule has 7 heteroatoms. The van der Waals surface area contributed by atoms with Gasteiger partial charge in [0, 0.05) is 18.7 Å². The Bertz CT molecular complexity index is 1050. The Balaban J connectivity index is 2.03. The molecule has 1 saturated heterocycles. The summed E-state index contributed by atoms with van der Waals surface area (Å²) >= 11 is 0. The minimum absolute atomic E-state index is 0.0139. The van der Waals surface area contributed by atoms with Gasteiger partial charge >= 0.3 is 0 Å². The maximum Gasteiger partial charge on any atom is 0.295 e. The van der Waals surface area contributed by atoms with E-state index in [0.717, 1.165) is 5.56 Å². The number of Topliss-reactive ketones (excluding diaryl/α,β-unsaturated/α-hetero) is 1. The number of ether oxygens (including phenoxy) is 2. The summed E-state index contributed by atoms with van der Waals surface area (Å²) in [6, 6.07) is 9.87. The van der Waals surface area contributed by atoms with Gasteiger partial charge in [-0.2, -0.15) is 0 Å². The molecule has 0 saturated carbocycles. The van der Waals surface area contributed by atoms with Gasteiger partial charge < -0.3 is 19.5 Å². The molecule has 0 spiro atoms. The van der Waals surface area contributed by atoms with E-state index in [2.05, 4.69) is 0 Å². The monoisotopic (exact) mass is 455 g/mol. The first-order valence-electron chi connectivity index (χ1n) is 11.1. The number of carbonyl (C=O) groups is 2. The first kappa shape index (κ1) is 24.5. The van der Waals surface area contributed by atoms with Gasteiger partial charge in [-0.1, -0.05) is 12.1 Å². The molecule has 0 radical (unpaired) electrons. The van der Waals surface area contributed by atoms with Crippen molar-refractivity contribution in [3.05, 3.63) is 70.5 Å². The van der Waals surface area contributed by atoms with Crippen LogP contribution in [0.1, 0.15) is 49.9 Å². The van der Waals surface area contributed by atoms with E-state index < -0.39 is 23.5 Å². The third-order valence-electron chi connectivity index (χ3n) is 5.47. The standard InChI is InChI=1S/C26H30FNO5/c1-5-32-21-12-9-19(15-17(21)4)24(29)22-23(18-7-10-20(27)11-8-18)28(26(31)25(22)30)13-6-14-33-16(2)3/h7-12,15-16,23,29H,5-6,13-14H2,1-4H3/b24-22-. The van der Waals surface area contributed by atoms with E-state index >= 15 is 0 Å². The highest BCUT2D eigenvalue weighted by Gasteiger charge is 2.45. The molecule has 2 aromatic carbocycles. The fourth-order valence-corrected chi connectivity index (χ4v) is 3.93. The highest BCUT2D eigenvalue weighted by Crippen LogP contribution is 2.40. The Morgan fingerprint density at radius 2 is 1.85 bits per heavy atom. The van der Waals surface area contributed by atoms with E-state index in [4.69, 9.17) is 9.47 Å². The zero-order valence-corrected chi connectivity index (χ0v) is 19.4. The van der Waals surface area contributed by atoms with Crippen molar-refractivity contribution in [2.75, 3.05) is 19.8 Å². The quantitative estimate of drug-likeness (QED) is 0.255. The van der Waals surface area contributed by atoms with Gasteiger partial charge in [0.25, 0.3) is 11.7 Å². The first-order chi connectivity index (χ1) is 15.7. The summed E-state index contributed by atoms with van der Waals surface area (Å²) in [5, 5.41) is 11.1. The van der Waals surface area contributed by atoms with E-state index in [1.807, 2.05) is 27.7 Å². The van der Waals surface area contributed by atoms with Crippen LogP contribution in [0.5, 0.6) is 5.75 Å². The van der Waals surface area contributed by atoms with E-state index in [9.17, 15) is 19.1 Å². The van der Waals surface area contributed by atoms with Crippen LogP contribution < -0.4 is 4.74 Å². The van der Waals surface area contributed by atoms with Crippen molar-refractivity contribution in [3.63, 3.8) is 0 Å². The number of rotatable bonds is 9. The normalized spacial score (nSPS) is 17.8. The Labute approximate surface area is 193 Å². The van der Waals surface area contributed by atoms with Gasteiger partial charge in [0.05, 0.1) is 24.3 Å². The van der Waals surface area contributed by atoms with Crippen molar-refractivity contribution in [3.8, 4) is 5.75 Å². The third-order valence-corrected chi connectivity index (χ3v) is 5.47. The summed E-state index contributed by atoms with van der Waals surface area (Å²) in [6.45, 7) is 8.75. The number of amides is 1. The van der Waals surface area contributed by atoms with Crippen LogP contribution in [-0.2, 0) is 14.3 Å². The number of nitrogens with zero attached hydrogens (tertiary/aromatic N) is 1. The average Bonchev–Trinajstić information content (AvgIpc) is 3.03. The van der Waals surface area contributed by atoms with Crippen LogP contribution in [0.4, 0.5) is 4.39 Å². The molecule has 0 bridgehead atoms. The molecule has 1 fully saturated rings. The fraction of sp³-hybridized carbons (Fsp3) is 0.385. The van der Waals surface area contributed by atoms with Gasteiger partial charge in [0.1, 0.15) is 17.3 Å². The number of likely N-dealkylation sites (tertiary alicyclic amines) is 1. The molecule has 1 amide bonds. The van der Waals surface area contributed by atoms with Gasteiger partial charge in [-0.05, 0) is 75.6 Å². The third kappa shape index (κ3) is 5.42. The van der Waals surface area contributed by atoms with Crippen LogP contribution in [0, 0.1) is 12.7 Å². The Morgan fingerprint density at radius 1 is 1.15 bits per heavy atom. The number of hydrogen-bond donors (Lipinski definition) is 1. The number of carbonyl (C=O) groups excluding carboxylic acids is 2. The molecule has 1 heterocycles. The van der Waals surface area contributed by atoms with E-state index in [1.54, 1.807) is 18.2 Å². The SMILES string of the molecule is CCOc1ccc(/C(O)=C2/C(=O)C(=O)N(CCCOC(C)C)C2c2ccc(F)cc2)cc1C. The van der Waals surface area contributed by atoms with Crippen molar-refractivity contribution in [2.24, 2.45) is 0 Å². The van der Waals surface area contributed by atoms with E-state index in [0.29, 0.717) is 36.5 Å². The Morgan fingerprint density at radius 3 is 2.45 bits per heavy atom. The molecule has 1 aliphatic rings. The fourth-order valence-electron chi connectivity index (χ4n) is 3.93. The number of halogens is 1. The molecule has 0 aromatic heterocycles. The molecular weight excluding hydrogens is 425 g/mol. The van der Waals surface area contributed by atoms with Crippen molar-refractivity contribution < 1.29 is 28.6 Å². The van der Waals surface area contributed by atoms with Crippen LogP contribution in [0.25, 0.3) is 5.76 Å². The van der Waals surface area contributed by atoms with Crippen LogP contribution in [0.3, 0.4) is 0 Å². The maximum absolute atomic E-state index is 13.6. The molecule has 33 heavy (non-hydrogen) atoms. The van der Waals surface area contributed by atoms with E-state index in [1.165, 1.54) is 29.2 Å². The van der Waals surface area contributed by atoms with Crippen LogP contribution >= 0.6 is 0 Å². The summed E-state index contributed by atoms with van der Waals surface area (Å²) in [7, 11) is 0. The summed E-state index contributed by atoms with van der Waals surface area (Å²) < 4.78 is 24.7. The summed E-state index contributed by atoms with van der Waals surface area (Å²) in [5.74, 6) is -1.48. The molecule has 2 aromatic rings. The smallest absolute Gasteiger partial charge is 0.295 e. The molecule has 0 aliphatic carbocycles. The average molecular weight is 456 g/mol. The number of aliphatic hydroxyl groups excluding tert-OH is 1. The summed E-state index contributed by atoms with van der Waals surface area (Å²) in [5.41, 5.74) is 1.73. The number of aliphatic hydroxyl groups is 1. The number of hydrogen-bond acceptors (Lipinski definition) is 5. The molecule has 1 unspecified atom stereocenters. The van der Waals surface area contributed by atoms with Crippen LogP contribution in [0.2, 0.25) is 0 Å². The molecule has 1 atom stereocenters. The lowest BCUT2D eigenvalue weighted by atomic mass is 9.94. The van der Waals surface area contributed by atoms with Gasteiger partial charge in [0.2, 0.25) is 0 Å². The van der Waals surface area contributed by atoms with Gasteiger partial charge in [-0.3, -0.25) is 9.59 Å². The predicted octanol–water partition coefficient (Wildman–Crippen LogP) is 4.77. The lowest BCUT2D eigenvalue weighted by Gasteiger charge is -2.25. The van der Waals surface area contributed by atoms with E-state index in [-0.39, 0.29) is 24.0 Å². The largest absolute Gasteiger partial charge is 0.507 e. The zero-order valence-electron chi connectivity index (χ0n) is 19.4. The minimum atomic E-state index is -0.823. The second-order valence-electron chi connectivity index (χ2n) is 8.23. The number of ketones is 1. The zero-order chi connectivity index (χ0) is 24.1. The first-order valence-corrected chi connectivity index (χ1v) is 11.1. The lowest BCUT2D eigenvalue weighted by molar-refractivity contribution is -0.140. The molecule has 1 aliphatic heterocycles. The maximum atomic E-state index is 13.6.